The number of hydrogen-bond donors (Lipinski definition) is 0. The zero-order chi connectivity index (χ0) is 15.9. The Morgan fingerprint density at radius 3 is 2.14 bits per heavy atom. The van der Waals surface area contributed by atoms with Crippen LogP contribution >= 0.6 is 0 Å². The normalized spacial score (nSPS) is 22.5. The minimum Gasteiger partial charge on any atom is -0.212 e. The summed E-state index contributed by atoms with van der Waals surface area (Å²) in [4.78, 5) is 0. The molecular formula is C16H35NO2SSi. The molecule has 1 rings (SSSR count). The van der Waals surface area contributed by atoms with Gasteiger partial charge in [0.25, 0.3) is 0 Å². The van der Waals surface area contributed by atoms with E-state index in [9.17, 15) is 8.42 Å². The van der Waals surface area contributed by atoms with E-state index < -0.39 is 18.1 Å². The van der Waals surface area contributed by atoms with Crippen LogP contribution in [0.2, 0.25) is 25.7 Å². The van der Waals surface area contributed by atoms with Gasteiger partial charge in [-0.25, -0.2) is 8.42 Å². The fourth-order valence-electron chi connectivity index (χ4n) is 2.63. The molecule has 0 aromatic rings. The Balaban J connectivity index is 2.10. The smallest absolute Gasteiger partial charge is 0.212 e. The molecule has 0 N–H and O–H groups in total. The zero-order valence-corrected chi connectivity index (χ0v) is 16.3. The number of rotatable bonds is 12. The topological polar surface area (TPSA) is 37.1 Å². The second-order valence-electron chi connectivity index (χ2n) is 7.76. The second kappa shape index (κ2) is 8.68. The van der Waals surface area contributed by atoms with Crippen LogP contribution in [0.15, 0.2) is 0 Å². The Bertz CT molecular complexity index is 390. The third kappa shape index (κ3) is 8.36. The molecular weight excluding hydrogens is 298 g/mol. The van der Waals surface area contributed by atoms with Crippen molar-refractivity contribution in [3.63, 3.8) is 0 Å². The molecule has 1 aliphatic rings. The Morgan fingerprint density at radius 1 is 1.00 bits per heavy atom. The number of unbranched alkanes of at least 4 members (excludes halogenated alkanes) is 6. The van der Waals surface area contributed by atoms with Crippen molar-refractivity contribution in [1.29, 1.82) is 0 Å². The first-order chi connectivity index (χ1) is 9.76. The average molecular weight is 334 g/mol. The number of hydrogen-bond acceptors (Lipinski definition) is 2. The minimum absolute atomic E-state index is 0.326. The van der Waals surface area contributed by atoms with Gasteiger partial charge in [0.1, 0.15) is 0 Å². The van der Waals surface area contributed by atoms with Crippen molar-refractivity contribution in [2.45, 2.75) is 90.0 Å². The lowest BCUT2D eigenvalue weighted by Crippen LogP contribution is -2.27. The van der Waals surface area contributed by atoms with Crippen LogP contribution in [-0.2, 0) is 10.0 Å². The van der Waals surface area contributed by atoms with Crippen LogP contribution in [-0.4, -0.2) is 39.1 Å². The second-order valence-corrected chi connectivity index (χ2v) is 15.4. The molecule has 3 nitrogen and oxygen atoms in total. The van der Waals surface area contributed by atoms with Gasteiger partial charge < -0.3 is 0 Å². The molecule has 1 heterocycles. The highest BCUT2D eigenvalue weighted by molar-refractivity contribution is 7.89. The van der Waals surface area contributed by atoms with Gasteiger partial charge in [-0.15, -0.1) is 0 Å². The largest absolute Gasteiger partial charge is 0.214 e. The zero-order valence-electron chi connectivity index (χ0n) is 14.5. The van der Waals surface area contributed by atoms with E-state index in [2.05, 4.69) is 26.6 Å². The minimum atomic E-state index is -2.96. The van der Waals surface area contributed by atoms with Crippen LogP contribution < -0.4 is 0 Å². The highest BCUT2D eigenvalue weighted by Crippen LogP contribution is 2.29. The Morgan fingerprint density at radius 2 is 1.57 bits per heavy atom. The molecule has 126 valence electrons. The summed E-state index contributed by atoms with van der Waals surface area (Å²) in [5.74, 6) is 0.371. The van der Waals surface area contributed by atoms with Crippen LogP contribution in [0.25, 0.3) is 0 Å². The number of nitrogens with zero attached hydrogens (tertiary/aromatic N) is 1. The van der Waals surface area contributed by atoms with E-state index in [0.717, 1.165) is 19.0 Å². The molecule has 0 saturated carbocycles. The lowest BCUT2D eigenvalue weighted by molar-refractivity contribution is 0.532. The fraction of sp³-hybridized carbons (Fsp3) is 1.00. The third-order valence-electron chi connectivity index (χ3n) is 4.27. The van der Waals surface area contributed by atoms with Crippen molar-refractivity contribution in [3.05, 3.63) is 0 Å². The molecule has 0 radical (unpaired) electrons. The molecule has 5 heteroatoms. The monoisotopic (exact) mass is 333 g/mol. The molecule has 0 spiro atoms. The van der Waals surface area contributed by atoms with Gasteiger partial charge >= 0.3 is 0 Å². The molecule has 0 bridgehead atoms. The SMILES string of the molecule is CCCCCCCCCC1CN1S(=O)(=O)CC[Si](C)(C)C. The molecule has 2 unspecified atom stereocenters. The van der Waals surface area contributed by atoms with Gasteiger partial charge in [0, 0.05) is 20.7 Å². The maximum absolute atomic E-state index is 12.2. The van der Waals surface area contributed by atoms with E-state index in [-0.39, 0.29) is 0 Å². The van der Waals surface area contributed by atoms with E-state index in [1.54, 1.807) is 4.31 Å². The molecule has 0 aliphatic carbocycles. The quantitative estimate of drug-likeness (QED) is 0.300. The van der Waals surface area contributed by atoms with Gasteiger partial charge in [-0.1, -0.05) is 71.5 Å². The molecule has 1 fully saturated rings. The summed E-state index contributed by atoms with van der Waals surface area (Å²) in [6.45, 7) is 9.73. The van der Waals surface area contributed by atoms with Crippen LogP contribution in [0.1, 0.15) is 58.3 Å². The summed E-state index contributed by atoms with van der Waals surface area (Å²) >= 11 is 0. The van der Waals surface area contributed by atoms with Crippen molar-refractivity contribution in [3.8, 4) is 0 Å². The summed E-state index contributed by atoms with van der Waals surface area (Å²) < 4.78 is 26.2. The lowest BCUT2D eigenvalue weighted by Gasteiger charge is -2.15. The highest BCUT2D eigenvalue weighted by Gasteiger charge is 2.42. The summed E-state index contributed by atoms with van der Waals surface area (Å²) in [6, 6.07) is 1.21. The fourth-order valence-corrected chi connectivity index (χ4v) is 7.30. The van der Waals surface area contributed by atoms with Gasteiger partial charge in [-0.05, 0) is 12.5 Å². The van der Waals surface area contributed by atoms with Gasteiger partial charge in [0.05, 0.1) is 5.75 Å². The van der Waals surface area contributed by atoms with Crippen molar-refractivity contribution < 1.29 is 8.42 Å². The van der Waals surface area contributed by atoms with E-state index in [1.807, 2.05) is 0 Å². The van der Waals surface area contributed by atoms with E-state index in [4.69, 9.17) is 0 Å². The number of sulfonamides is 1. The summed E-state index contributed by atoms with van der Waals surface area (Å²) in [7, 11) is -4.22. The molecule has 0 amide bonds. The van der Waals surface area contributed by atoms with Gasteiger partial charge in [0.15, 0.2) is 0 Å². The van der Waals surface area contributed by atoms with E-state index >= 15 is 0 Å². The van der Waals surface area contributed by atoms with Crippen LogP contribution in [0, 0.1) is 0 Å². The van der Waals surface area contributed by atoms with Gasteiger partial charge in [0.2, 0.25) is 10.0 Å². The first-order valence-corrected chi connectivity index (χ1v) is 14.1. The maximum atomic E-state index is 12.2. The summed E-state index contributed by atoms with van der Waals surface area (Å²) in [5.41, 5.74) is 0. The lowest BCUT2D eigenvalue weighted by atomic mass is 10.1. The molecule has 2 atom stereocenters. The first-order valence-electron chi connectivity index (χ1n) is 8.76. The average Bonchev–Trinajstić information content (AvgIpc) is 3.15. The molecule has 0 aromatic heterocycles. The standard InChI is InChI=1S/C16H35NO2SSi/c1-5-6-7-8-9-10-11-12-16-15-17(16)20(18,19)13-14-21(2,3)4/h16H,5-15H2,1-4H3. The Kier molecular flexibility index (Phi) is 7.92. The van der Waals surface area contributed by atoms with Gasteiger partial charge in [-0.2, -0.15) is 4.31 Å². The van der Waals surface area contributed by atoms with E-state index in [0.29, 0.717) is 11.8 Å². The predicted octanol–water partition coefficient (Wildman–Crippen LogP) is 4.48. The van der Waals surface area contributed by atoms with Gasteiger partial charge in [-0.3, -0.25) is 0 Å². The van der Waals surface area contributed by atoms with Crippen LogP contribution in [0.3, 0.4) is 0 Å². The van der Waals surface area contributed by atoms with Crippen molar-refractivity contribution in [1.82, 2.24) is 4.31 Å². The van der Waals surface area contributed by atoms with Crippen LogP contribution in [0.4, 0.5) is 0 Å². The van der Waals surface area contributed by atoms with E-state index in [1.165, 1.54) is 44.9 Å². The van der Waals surface area contributed by atoms with Crippen molar-refractivity contribution in [2.75, 3.05) is 12.3 Å². The Hall–Kier alpha value is 0.127. The maximum Gasteiger partial charge on any atom is 0.214 e. The first kappa shape index (κ1) is 19.2. The van der Waals surface area contributed by atoms with Crippen molar-refractivity contribution in [2.24, 2.45) is 0 Å². The predicted molar refractivity (Wildman–Crippen MR) is 95.0 cm³/mol. The summed E-state index contributed by atoms with van der Waals surface area (Å²) in [5, 5.41) is 0. The van der Waals surface area contributed by atoms with Crippen molar-refractivity contribution >= 4 is 18.1 Å². The Labute approximate surface area is 133 Å². The highest BCUT2D eigenvalue weighted by atomic mass is 32.2. The van der Waals surface area contributed by atoms with Crippen LogP contribution in [0.5, 0.6) is 0 Å². The molecule has 21 heavy (non-hydrogen) atoms. The third-order valence-corrected chi connectivity index (χ3v) is 8.27. The summed E-state index contributed by atoms with van der Waals surface area (Å²) in [6.07, 6.45) is 10.2. The molecule has 1 saturated heterocycles. The molecule has 0 aromatic carbocycles. The molecule has 1 aliphatic heterocycles.